The van der Waals surface area contributed by atoms with Gasteiger partial charge in [-0.1, -0.05) is 42.5 Å². The summed E-state index contributed by atoms with van der Waals surface area (Å²) < 4.78 is 11.2. The molecule has 30 heavy (non-hydrogen) atoms. The Morgan fingerprint density at radius 1 is 0.800 bits per heavy atom. The van der Waals surface area contributed by atoms with Crippen molar-refractivity contribution < 1.29 is 19.1 Å². The summed E-state index contributed by atoms with van der Waals surface area (Å²) in [4.78, 5) is 28.6. The van der Waals surface area contributed by atoms with Crippen molar-refractivity contribution in [3.8, 4) is 11.5 Å². The van der Waals surface area contributed by atoms with Gasteiger partial charge >= 0.3 is 0 Å². The Kier molecular flexibility index (Phi) is 8.12. The number of nitrogens with zero attached hydrogens (tertiary/aromatic N) is 2. The van der Waals surface area contributed by atoms with Crippen LogP contribution in [0.5, 0.6) is 11.5 Å². The van der Waals surface area contributed by atoms with E-state index in [-0.39, 0.29) is 18.4 Å². The molecule has 2 aromatic carbocycles. The van der Waals surface area contributed by atoms with Crippen LogP contribution in [0.3, 0.4) is 0 Å². The fourth-order valence-corrected chi connectivity index (χ4v) is 3.53. The molecular formula is C24H30N2O4. The van der Waals surface area contributed by atoms with E-state index in [1.165, 1.54) is 5.56 Å². The van der Waals surface area contributed by atoms with Gasteiger partial charge in [0.15, 0.2) is 18.1 Å². The van der Waals surface area contributed by atoms with E-state index in [9.17, 15) is 9.59 Å². The number of amides is 2. The highest BCUT2D eigenvalue weighted by molar-refractivity contribution is 5.79. The molecule has 0 aliphatic carbocycles. The summed E-state index contributed by atoms with van der Waals surface area (Å²) in [5.41, 5.74) is 1.26. The topological polar surface area (TPSA) is 59.1 Å². The van der Waals surface area contributed by atoms with Gasteiger partial charge in [-0.15, -0.1) is 0 Å². The predicted octanol–water partition coefficient (Wildman–Crippen LogP) is 3.16. The van der Waals surface area contributed by atoms with E-state index >= 15 is 0 Å². The molecule has 2 amide bonds. The van der Waals surface area contributed by atoms with Crippen molar-refractivity contribution in [2.75, 3.05) is 39.4 Å². The third-order valence-electron chi connectivity index (χ3n) is 5.18. The number of ether oxygens (including phenoxy) is 2. The highest BCUT2D eigenvalue weighted by Gasteiger charge is 2.24. The number of carbonyl (C=O) groups is 2. The Bertz CT molecular complexity index is 817. The lowest BCUT2D eigenvalue weighted by Crippen LogP contribution is -2.51. The summed E-state index contributed by atoms with van der Waals surface area (Å²) in [5, 5.41) is 0. The first kappa shape index (κ1) is 21.7. The summed E-state index contributed by atoms with van der Waals surface area (Å²) in [5.74, 6) is 1.30. The SMILES string of the molecule is CCOc1ccccc1OCC(=O)N1CCN(C(=O)CCCc2ccccc2)CC1. The fraction of sp³-hybridized carbons (Fsp3) is 0.417. The minimum atomic E-state index is -0.0718. The van der Waals surface area contributed by atoms with E-state index in [1.807, 2.05) is 48.2 Å². The number of piperazine rings is 1. The number of hydrogen-bond donors (Lipinski definition) is 0. The Balaban J connectivity index is 1.38. The van der Waals surface area contributed by atoms with Crippen LogP contribution in [0.25, 0.3) is 0 Å². The zero-order chi connectivity index (χ0) is 21.2. The Morgan fingerprint density at radius 2 is 1.37 bits per heavy atom. The molecule has 160 valence electrons. The molecule has 0 bridgehead atoms. The van der Waals surface area contributed by atoms with E-state index in [2.05, 4.69) is 12.1 Å². The Labute approximate surface area is 178 Å². The zero-order valence-corrected chi connectivity index (χ0v) is 17.6. The van der Waals surface area contributed by atoms with Crippen molar-refractivity contribution in [1.82, 2.24) is 9.80 Å². The van der Waals surface area contributed by atoms with Gasteiger partial charge in [-0.2, -0.15) is 0 Å². The van der Waals surface area contributed by atoms with E-state index in [0.29, 0.717) is 50.7 Å². The first-order valence-corrected chi connectivity index (χ1v) is 10.6. The van der Waals surface area contributed by atoms with Crippen LogP contribution in [0.15, 0.2) is 54.6 Å². The van der Waals surface area contributed by atoms with Crippen LogP contribution in [-0.4, -0.2) is 61.0 Å². The minimum Gasteiger partial charge on any atom is -0.490 e. The molecule has 0 aromatic heterocycles. The molecule has 6 heteroatoms. The second-order valence-corrected chi connectivity index (χ2v) is 7.27. The van der Waals surface area contributed by atoms with E-state index in [0.717, 1.165) is 12.8 Å². The van der Waals surface area contributed by atoms with Crippen LogP contribution < -0.4 is 9.47 Å². The molecule has 2 aromatic rings. The Hall–Kier alpha value is -3.02. The van der Waals surface area contributed by atoms with Crippen LogP contribution >= 0.6 is 0 Å². The number of para-hydroxylation sites is 2. The van der Waals surface area contributed by atoms with Gasteiger partial charge in [-0.05, 0) is 37.5 Å². The number of hydrogen-bond acceptors (Lipinski definition) is 4. The zero-order valence-electron chi connectivity index (χ0n) is 17.6. The minimum absolute atomic E-state index is 0.0326. The highest BCUT2D eigenvalue weighted by Crippen LogP contribution is 2.26. The molecule has 0 radical (unpaired) electrons. The number of benzene rings is 2. The fourth-order valence-electron chi connectivity index (χ4n) is 3.53. The summed E-state index contributed by atoms with van der Waals surface area (Å²) in [7, 11) is 0. The number of carbonyl (C=O) groups excluding carboxylic acids is 2. The lowest BCUT2D eigenvalue weighted by atomic mass is 10.1. The molecule has 0 atom stereocenters. The summed E-state index contributed by atoms with van der Waals surface area (Å²) in [6, 6.07) is 17.6. The van der Waals surface area contributed by atoms with Gasteiger partial charge in [0.1, 0.15) is 0 Å². The molecule has 1 aliphatic rings. The van der Waals surface area contributed by atoms with Crippen molar-refractivity contribution in [3.63, 3.8) is 0 Å². The molecule has 0 unspecified atom stereocenters. The lowest BCUT2D eigenvalue weighted by molar-refractivity contribution is -0.140. The van der Waals surface area contributed by atoms with Crippen LogP contribution in [0.2, 0.25) is 0 Å². The first-order valence-electron chi connectivity index (χ1n) is 10.6. The first-order chi connectivity index (χ1) is 14.7. The number of rotatable bonds is 9. The monoisotopic (exact) mass is 410 g/mol. The van der Waals surface area contributed by atoms with Crippen LogP contribution in [0.4, 0.5) is 0 Å². The van der Waals surface area contributed by atoms with Gasteiger partial charge in [-0.3, -0.25) is 9.59 Å². The molecule has 1 aliphatic heterocycles. The van der Waals surface area contributed by atoms with Crippen molar-refractivity contribution in [2.45, 2.75) is 26.2 Å². The van der Waals surface area contributed by atoms with Crippen molar-refractivity contribution in [1.29, 1.82) is 0 Å². The molecule has 1 fully saturated rings. The molecule has 0 saturated carbocycles. The average molecular weight is 411 g/mol. The number of aryl methyl sites for hydroxylation is 1. The van der Waals surface area contributed by atoms with Crippen LogP contribution in [-0.2, 0) is 16.0 Å². The quantitative estimate of drug-likeness (QED) is 0.637. The van der Waals surface area contributed by atoms with Gasteiger partial charge < -0.3 is 19.3 Å². The van der Waals surface area contributed by atoms with E-state index < -0.39 is 0 Å². The van der Waals surface area contributed by atoms with Gasteiger partial charge in [0.05, 0.1) is 6.61 Å². The summed E-state index contributed by atoms with van der Waals surface area (Å²) >= 11 is 0. The standard InChI is InChI=1S/C24H30N2O4/c1-2-29-21-12-6-7-13-22(21)30-19-24(28)26-17-15-25(16-18-26)23(27)14-8-11-20-9-4-3-5-10-20/h3-7,9-10,12-13H,2,8,11,14-19H2,1H3. The highest BCUT2D eigenvalue weighted by atomic mass is 16.5. The van der Waals surface area contributed by atoms with Crippen molar-refractivity contribution in [2.24, 2.45) is 0 Å². The normalized spacial score (nSPS) is 13.8. The van der Waals surface area contributed by atoms with Gasteiger partial charge in [-0.25, -0.2) is 0 Å². The second-order valence-electron chi connectivity index (χ2n) is 7.27. The van der Waals surface area contributed by atoms with E-state index in [4.69, 9.17) is 9.47 Å². The van der Waals surface area contributed by atoms with Crippen molar-refractivity contribution >= 4 is 11.8 Å². The third kappa shape index (κ3) is 6.24. The summed E-state index contributed by atoms with van der Waals surface area (Å²) in [6.07, 6.45) is 2.29. The maximum absolute atomic E-state index is 12.5. The molecule has 1 saturated heterocycles. The third-order valence-corrected chi connectivity index (χ3v) is 5.18. The van der Waals surface area contributed by atoms with Gasteiger partial charge in [0.2, 0.25) is 5.91 Å². The predicted molar refractivity (Wildman–Crippen MR) is 116 cm³/mol. The molecule has 6 nitrogen and oxygen atoms in total. The molecule has 0 spiro atoms. The van der Waals surface area contributed by atoms with Gasteiger partial charge in [0.25, 0.3) is 5.91 Å². The summed E-state index contributed by atoms with van der Waals surface area (Å²) in [6.45, 7) is 4.64. The van der Waals surface area contributed by atoms with Crippen LogP contribution in [0.1, 0.15) is 25.3 Å². The molecule has 1 heterocycles. The molecule has 3 rings (SSSR count). The second kappa shape index (κ2) is 11.2. The van der Waals surface area contributed by atoms with Crippen molar-refractivity contribution in [3.05, 3.63) is 60.2 Å². The average Bonchev–Trinajstić information content (AvgIpc) is 2.79. The largest absolute Gasteiger partial charge is 0.490 e. The van der Waals surface area contributed by atoms with E-state index in [1.54, 1.807) is 11.0 Å². The maximum atomic E-state index is 12.5. The molecular weight excluding hydrogens is 380 g/mol. The Morgan fingerprint density at radius 3 is 2.00 bits per heavy atom. The lowest BCUT2D eigenvalue weighted by Gasteiger charge is -2.34. The van der Waals surface area contributed by atoms with Gasteiger partial charge in [0, 0.05) is 32.6 Å². The van der Waals surface area contributed by atoms with Crippen LogP contribution in [0, 0.1) is 0 Å². The maximum Gasteiger partial charge on any atom is 0.260 e. The smallest absolute Gasteiger partial charge is 0.260 e. The molecule has 0 N–H and O–H groups in total.